The second-order valence-electron chi connectivity index (χ2n) is 7.34. The molecule has 0 aliphatic carbocycles. The van der Waals surface area contributed by atoms with Crippen LogP contribution in [0.3, 0.4) is 0 Å². The van der Waals surface area contributed by atoms with Crippen molar-refractivity contribution in [2.75, 3.05) is 0 Å². The second-order valence-corrected chi connectivity index (χ2v) is 8.32. The van der Waals surface area contributed by atoms with E-state index in [2.05, 4.69) is 4.98 Å². The number of fused-ring (bicyclic) bond motifs is 2. The summed E-state index contributed by atoms with van der Waals surface area (Å²) in [5.74, 6) is -1.29. The van der Waals surface area contributed by atoms with E-state index in [0.717, 1.165) is 6.07 Å². The number of hydrogen-bond acceptors (Lipinski definition) is 4. The Morgan fingerprint density at radius 2 is 1.88 bits per heavy atom. The number of rotatable bonds is 5. The first kappa shape index (κ1) is 21.8. The van der Waals surface area contributed by atoms with Gasteiger partial charge in [-0.05, 0) is 42.3 Å². The van der Waals surface area contributed by atoms with E-state index in [0.29, 0.717) is 33.3 Å². The van der Waals surface area contributed by atoms with E-state index in [1.807, 2.05) is 0 Å². The van der Waals surface area contributed by atoms with Gasteiger partial charge in [-0.25, -0.2) is 8.42 Å². The summed E-state index contributed by atoms with van der Waals surface area (Å²) in [5.41, 5.74) is 1.49. The molecule has 0 fully saturated rings. The Morgan fingerprint density at radius 1 is 1.12 bits per heavy atom. The van der Waals surface area contributed by atoms with Gasteiger partial charge in [-0.2, -0.15) is 13.2 Å². The largest absolute Gasteiger partial charge is 0.480 e. The van der Waals surface area contributed by atoms with Crippen LogP contribution >= 0.6 is 0 Å². The molecule has 4 rings (SSSR count). The molecule has 0 spiro atoms. The number of thiol groups is 1. The number of aliphatic carboxylic acids is 1. The Kier molecular flexibility index (Phi) is 5.41. The molecular weight excluding hydrogens is 445 g/mol. The van der Waals surface area contributed by atoms with Gasteiger partial charge in [0.2, 0.25) is 0 Å². The van der Waals surface area contributed by atoms with Crippen LogP contribution in [-0.2, 0) is 34.0 Å². The van der Waals surface area contributed by atoms with Gasteiger partial charge in [0, 0.05) is 33.7 Å². The Labute approximate surface area is 181 Å². The standard InChI is InChI=1S/C22H17F3N2O4S/c1-12-20(14-7-8-26-21-15(14)3-2-4-17(21)22(23,24)25)16-9-13(11-32(30)31)5-6-18(16)27(12)10-19(28)29/h2-9,32H,10-11H2,1H3,(H,28,29). The van der Waals surface area contributed by atoms with Crippen molar-refractivity contribution in [3.63, 3.8) is 0 Å². The topological polar surface area (TPSA) is 89.3 Å². The zero-order valence-corrected chi connectivity index (χ0v) is 17.6. The lowest BCUT2D eigenvalue weighted by molar-refractivity contribution is -0.138. The van der Waals surface area contributed by atoms with Crippen molar-refractivity contribution in [1.29, 1.82) is 0 Å². The van der Waals surface area contributed by atoms with Crippen LogP contribution in [0.25, 0.3) is 32.9 Å². The molecule has 0 atom stereocenters. The van der Waals surface area contributed by atoms with E-state index >= 15 is 0 Å². The maximum absolute atomic E-state index is 13.5. The minimum absolute atomic E-state index is 0.205. The summed E-state index contributed by atoms with van der Waals surface area (Å²) < 4.78 is 64.6. The predicted molar refractivity (Wildman–Crippen MR) is 114 cm³/mol. The van der Waals surface area contributed by atoms with Crippen LogP contribution in [0.1, 0.15) is 16.8 Å². The summed E-state index contributed by atoms with van der Waals surface area (Å²) in [6.45, 7) is 1.33. The number of carboxylic acids is 1. The average molecular weight is 462 g/mol. The molecule has 0 aliphatic rings. The number of carbonyl (C=O) groups is 1. The Bertz CT molecular complexity index is 1450. The Hall–Kier alpha value is -3.40. The van der Waals surface area contributed by atoms with Gasteiger partial charge in [0.1, 0.15) is 17.2 Å². The average Bonchev–Trinajstić information content (AvgIpc) is 2.96. The van der Waals surface area contributed by atoms with Gasteiger partial charge in [-0.15, -0.1) is 0 Å². The van der Waals surface area contributed by atoms with Crippen LogP contribution in [0.5, 0.6) is 0 Å². The van der Waals surface area contributed by atoms with Crippen LogP contribution in [0.2, 0.25) is 0 Å². The fourth-order valence-corrected chi connectivity index (χ4v) is 4.57. The van der Waals surface area contributed by atoms with Gasteiger partial charge in [-0.3, -0.25) is 9.78 Å². The molecule has 0 saturated carbocycles. The summed E-state index contributed by atoms with van der Waals surface area (Å²) in [6, 6.07) is 10.2. The van der Waals surface area contributed by atoms with Crippen molar-refractivity contribution >= 4 is 38.5 Å². The molecule has 6 nitrogen and oxygen atoms in total. The van der Waals surface area contributed by atoms with E-state index < -0.39 is 28.4 Å². The molecule has 0 amide bonds. The van der Waals surface area contributed by atoms with Crippen molar-refractivity contribution < 1.29 is 31.5 Å². The third-order valence-electron chi connectivity index (χ3n) is 5.34. The van der Waals surface area contributed by atoms with E-state index in [1.54, 1.807) is 35.8 Å². The minimum Gasteiger partial charge on any atom is -0.480 e. The first-order valence-electron chi connectivity index (χ1n) is 9.48. The lowest BCUT2D eigenvalue weighted by atomic mass is 9.96. The molecule has 0 radical (unpaired) electrons. The highest BCUT2D eigenvalue weighted by molar-refractivity contribution is 7.71. The lowest BCUT2D eigenvalue weighted by Gasteiger charge is -2.13. The number of benzene rings is 2. The predicted octanol–water partition coefficient (Wildman–Crippen LogP) is 4.38. The SMILES string of the molecule is Cc1c(-c2ccnc3c(C(F)(F)F)cccc23)c2cc(C[SH](=O)=O)ccc2n1CC(=O)O. The maximum Gasteiger partial charge on any atom is 0.418 e. The smallest absolute Gasteiger partial charge is 0.418 e. The fraction of sp³-hybridized carbons (Fsp3) is 0.182. The zero-order chi connectivity index (χ0) is 23.2. The van der Waals surface area contributed by atoms with Crippen molar-refractivity contribution in [3.8, 4) is 11.1 Å². The highest BCUT2D eigenvalue weighted by Crippen LogP contribution is 2.41. The maximum atomic E-state index is 13.5. The summed E-state index contributed by atoms with van der Waals surface area (Å²) in [4.78, 5) is 15.4. The minimum atomic E-state index is -4.59. The van der Waals surface area contributed by atoms with E-state index in [9.17, 15) is 31.5 Å². The van der Waals surface area contributed by atoms with Crippen LogP contribution in [0.4, 0.5) is 13.2 Å². The first-order chi connectivity index (χ1) is 15.1. The van der Waals surface area contributed by atoms with Crippen molar-refractivity contribution in [3.05, 3.63) is 65.5 Å². The molecule has 2 aromatic heterocycles. The quantitative estimate of drug-likeness (QED) is 0.430. The molecule has 2 aromatic carbocycles. The monoisotopic (exact) mass is 462 g/mol. The summed E-state index contributed by atoms with van der Waals surface area (Å²) in [6.07, 6.45) is -3.31. The van der Waals surface area contributed by atoms with E-state index in [-0.39, 0.29) is 23.2 Å². The van der Waals surface area contributed by atoms with E-state index in [1.165, 1.54) is 18.3 Å². The molecule has 166 valence electrons. The number of carboxylic acid groups (broad SMARTS) is 1. The molecule has 4 aromatic rings. The molecule has 0 bridgehead atoms. The van der Waals surface area contributed by atoms with Gasteiger partial charge >= 0.3 is 12.1 Å². The Balaban J connectivity index is 2.09. The molecular formula is C22H17F3N2O4S. The number of hydrogen-bond donors (Lipinski definition) is 2. The highest BCUT2D eigenvalue weighted by Gasteiger charge is 2.33. The van der Waals surface area contributed by atoms with Gasteiger partial charge in [0.05, 0.1) is 16.8 Å². The van der Waals surface area contributed by atoms with Crippen molar-refractivity contribution in [1.82, 2.24) is 9.55 Å². The number of alkyl halides is 3. The molecule has 0 saturated heterocycles. The van der Waals surface area contributed by atoms with Crippen LogP contribution in [0.15, 0.2) is 48.7 Å². The van der Waals surface area contributed by atoms with E-state index in [4.69, 9.17) is 0 Å². The third-order valence-corrected chi connectivity index (χ3v) is 5.96. The molecule has 10 heteroatoms. The summed E-state index contributed by atoms with van der Waals surface area (Å²) in [7, 11) is -2.69. The molecule has 2 heterocycles. The Morgan fingerprint density at radius 3 is 2.53 bits per heavy atom. The van der Waals surface area contributed by atoms with Crippen molar-refractivity contribution in [2.24, 2.45) is 0 Å². The van der Waals surface area contributed by atoms with Gasteiger partial charge in [-0.1, -0.05) is 18.2 Å². The molecule has 0 aliphatic heterocycles. The van der Waals surface area contributed by atoms with Gasteiger partial charge in [0.25, 0.3) is 0 Å². The van der Waals surface area contributed by atoms with Crippen LogP contribution in [-0.4, -0.2) is 29.0 Å². The lowest BCUT2D eigenvalue weighted by Crippen LogP contribution is -2.10. The highest BCUT2D eigenvalue weighted by atomic mass is 32.2. The molecule has 32 heavy (non-hydrogen) atoms. The number of para-hydroxylation sites is 1. The normalized spacial score (nSPS) is 12.2. The molecule has 1 N–H and O–H groups in total. The van der Waals surface area contributed by atoms with Crippen LogP contribution in [0, 0.1) is 6.92 Å². The fourth-order valence-electron chi connectivity index (χ4n) is 4.08. The van der Waals surface area contributed by atoms with Gasteiger partial charge in [0.15, 0.2) is 0 Å². The number of aromatic nitrogens is 2. The number of halogens is 3. The third kappa shape index (κ3) is 3.81. The van der Waals surface area contributed by atoms with Gasteiger partial charge < -0.3 is 9.67 Å². The summed E-state index contributed by atoms with van der Waals surface area (Å²) in [5, 5.41) is 10.2. The first-order valence-corrected chi connectivity index (χ1v) is 10.8. The zero-order valence-electron chi connectivity index (χ0n) is 16.7. The van der Waals surface area contributed by atoms with Crippen LogP contribution < -0.4 is 0 Å². The second kappa shape index (κ2) is 7.94. The molecule has 0 unspecified atom stereocenters. The van der Waals surface area contributed by atoms with Crippen molar-refractivity contribution in [2.45, 2.75) is 25.4 Å². The number of pyridine rings is 1. The number of nitrogens with zero attached hydrogens (tertiary/aromatic N) is 2. The summed E-state index contributed by atoms with van der Waals surface area (Å²) >= 11 is 0.